The second kappa shape index (κ2) is 3.16. The van der Waals surface area contributed by atoms with Crippen LogP contribution in [0.2, 0.25) is 36.6 Å². The Kier molecular flexibility index (Phi) is 2.73. The summed E-state index contributed by atoms with van der Waals surface area (Å²) in [7, 11) is 0.601. The van der Waals surface area contributed by atoms with Crippen LogP contribution in [0.1, 0.15) is 0 Å². The Morgan fingerprint density at radius 3 is 1.11 bits per heavy atom. The van der Waals surface area contributed by atoms with Gasteiger partial charge in [0.2, 0.25) is 0 Å². The predicted molar refractivity (Wildman–Crippen MR) is 49.3 cm³/mol. The van der Waals surface area contributed by atoms with Crippen LogP contribution in [0, 0.1) is 0 Å². The molecule has 0 unspecified atom stereocenters. The number of hydrogen-bond donors (Lipinski definition) is 0. The lowest BCUT2D eigenvalue weighted by molar-refractivity contribution is 1.52. The highest BCUT2D eigenvalue weighted by Crippen LogP contribution is 2.18. The summed E-state index contributed by atoms with van der Waals surface area (Å²) in [5, 5.41) is 0. The second-order valence-electron chi connectivity index (χ2n) is 3.40. The van der Waals surface area contributed by atoms with Crippen LogP contribution in [0.4, 0.5) is 0 Å². The van der Waals surface area contributed by atoms with Crippen molar-refractivity contribution in [3.05, 3.63) is 0 Å². The summed E-state index contributed by atoms with van der Waals surface area (Å²) in [4.78, 5) is 0. The molecule has 1 fully saturated rings. The highest BCUT2D eigenvalue weighted by molar-refractivity contribution is 6.94. The van der Waals surface area contributed by atoms with Gasteiger partial charge in [-0.2, -0.15) is 0 Å². The van der Waals surface area contributed by atoms with E-state index in [1.807, 2.05) is 0 Å². The molecule has 0 aliphatic carbocycles. The van der Waals surface area contributed by atoms with E-state index in [2.05, 4.69) is 19.6 Å². The second-order valence-corrected chi connectivity index (χ2v) is 13.4. The Hall–Kier alpha value is 0.651. The minimum absolute atomic E-state index is 0.200. The van der Waals surface area contributed by atoms with Crippen molar-refractivity contribution in [3.63, 3.8) is 0 Å². The van der Waals surface area contributed by atoms with Crippen LogP contribution in [0.15, 0.2) is 0 Å². The molecule has 1 aliphatic heterocycles. The van der Waals surface area contributed by atoms with Crippen molar-refractivity contribution >= 4 is 26.4 Å². The standard InChI is InChI=1S/C6H15Si3/c1-7-4-8(2)6-9(3)5-7/h4-6H2,1-3H3. The number of rotatable bonds is 0. The van der Waals surface area contributed by atoms with Gasteiger partial charge in [0, 0.05) is 26.4 Å². The van der Waals surface area contributed by atoms with E-state index in [0.717, 1.165) is 0 Å². The van der Waals surface area contributed by atoms with Crippen LogP contribution in [-0.2, 0) is 0 Å². The first kappa shape index (κ1) is 7.75. The van der Waals surface area contributed by atoms with Crippen molar-refractivity contribution in [1.82, 2.24) is 0 Å². The lowest BCUT2D eigenvalue weighted by atomic mass is 11.7. The van der Waals surface area contributed by atoms with Crippen LogP contribution >= 0.6 is 0 Å². The maximum Gasteiger partial charge on any atom is 0.0385 e. The van der Waals surface area contributed by atoms with Crippen molar-refractivity contribution in [1.29, 1.82) is 0 Å². The van der Waals surface area contributed by atoms with E-state index in [1.54, 1.807) is 17.0 Å². The zero-order valence-corrected chi connectivity index (χ0v) is 9.62. The smallest absolute Gasteiger partial charge is 0.0385 e. The first-order valence-corrected chi connectivity index (χ1v) is 10.9. The SMILES string of the molecule is C[Si]1C[Si](C)C[Si](C)C1. The van der Waals surface area contributed by atoms with Crippen LogP contribution in [0.5, 0.6) is 0 Å². The van der Waals surface area contributed by atoms with E-state index in [-0.39, 0.29) is 26.4 Å². The summed E-state index contributed by atoms with van der Waals surface area (Å²) in [6.45, 7) is 7.60. The van der Waals surface area contributed by atoms with Gasteiger partial charge in [0.1, 0.15) is 0 Å². The molecule has 0 aromatic heterocycles. The van der Waals surface area contributed by atoms with E-state index in [4.69, 9.17) is 0 Å². The molecule has 0 nitrogen and oxygen atoms in total. The molecule has 0 N–H and O–H groups in total. The minimum atomic E-state index is 0.200. The van der Waals surface area contributed by atoms with Gasteiger partial charge in [0.15, 0.2) is 0 Å². The van der Waals surface area contributed by atoms with Gasteiger partial charge in [-0.15, -0.1) is 0 Å². The Morgan fingerprint density at radius 1 is 0.667 bits per heavy atom. The van der Waals surface area contributed by atoms with Crippen molar-refractivity contribution in [3.8, 4) is 0 Å². The van der Waals surface area contributed by atoms with E-state index in [1.165, 1.54) is 0 Å². The maximum atomic E-state index is 2.53. The third-order valence-electron chi connectivity index (χ3n) is 1.81. The molecule has 0 spiro atoms. The van der Waals surface area contributed by atoms with E-state index >= 15 is 0 Å². The first-order chi connectivity index (χ1) is 4.18. The van der Waals surface area contributed by atoms with Gasteiger partial charge in [-0.3, -0.25) is 0 Å². The van der Waals surface area contributed by atoms with Gasteiger partial charge >= 0.3 is 0 Å². The summed E-state index contributed by atoms with van der Waals surface area (Å²) in [6, 6.07) is 0. The minimum Gasteiger partial charge on any atom is -0.0715 e. The van der Waals surface area contributed by atoms with Gasteiger partial charge in [-0.1, -0.05) is 36.6 Å². The monoisotopic (exact) mass is 171 g/mol. The molecule has 0 aromatic carbocycles. The molecule has 3 radical (unpaired) electrons. The summed E-state index contributed by atoms with van der Waals surface area (Å²) >= 11 is 0. The maximum absolute atomic E-state index is 2.53. The first-order valence-electron chi connectivity index (χ1n) is 3.62. The molecule has 0 aromatic rings. The summed E-state index contributed by atoms with van der Waals surface area (Å²) in [5.41, 5.74) is 5.08. The predicted octanol–water partition coefficient (Wildman–Crippen LogP) is 1.99. The molecule has 0 saturated carbocycles. The van der Waals surface area contributed by atoms with E-state index in [0.29, 0.717) is 0 Å². The van der Waals surface area contributed by atoms with Gasteiger partial charge in [0.25, 0.3) is 0 Å². The van der Waals surface area contributed by atoms with Crippen LogP contribution in [0.25, 0.3) is 0 Å². The average molecular weight is 171 g/mol. The zero-order chi connectivity index (χ0) is 6.85. The Bertz CT molecular complexity index is 69.3. The quantitative estimate of drug-likeness (QED) is 0.489. The molecule has 3 heteroatoms. The fraction of sp³-hybridized carbons (Fsp3) is 1.00. The lowest BCUT2D eigenvalue weighted by Crippen LogP contribution is -2.34. The highest BCUT2D eigenvalue weighted by atomic mass is 28.4. The Morgan fingerprint density at radius 2 is 0.889 bits per heavy atom. The fourth-order valence-electron chi connectivity index (χ4n) is 1.73. The summed E-state index contributed by atoms with van der Waals surface area (Å²) in [5.74, 6) is 0. The largest absolute Gasteiger partial charge is 0.0715 e. The molecule has 1 saturated heterocycles. The molecule has 9 heavy (non-hydrogen) atoms. The molecule has 0 amide bonds. The molecular formula is C6H15Si3. The van der Waals surface area contributed by atoms with Crippen molar-refractivity contribution < 1.29 is 0 Å². The van der Waals surface area contributed by atoms with Gasteiger partial charge < -0.3 is 0 Å². The topological polar surface area (TPSA) is 0 Å². The number of hydrogen-bond acceptors (Lipinski definition) is 0. The summed E-state index contributed by atoms with van der Waals surface area (Å²) < 4.78 is 0. The van der Waals surface area contributed by atoms with Crippen LogP contribution in [0.3, 0.4) is 0 Å². The molecule has 1 heterocycles. The van der Waals surface area contributed by atoms with Crippen LogP contribution in [-0.4, -0.2) is 26.4 Å². The molecular weight excluding hydrogens is 156 g/mol. The average Bonchev–Trinajstić information content (AvgIpc) is 1.59. The van der Waals surface area contributed by atoms with Gasteiger partial charge in [-0.05, 0) is 0 Å². The Labute approximate surface area is 63.5 Å². The van der Waals surface area contributed by atoms with Gasteiger partial charge in [-0.25, -0.2) is 0 Å². The molecule has 0 atom stereocenters. The fourth-order valence-corrected chi connectivity index (χ4v) is 19.0. The molecule has 1 aliphatic rings. The van der Waals surface area contributed by atoms with Crippen molar-refractivity contribution in [2.45, 2.75) is 36.6 Å². The normalized spacial score (nSPS) is 27.0. The van der Waals surface area contributed by atoms with E-state index in [9.17, 15) is 0 Å². The van der Waals surface area contributed by atoms with Crippen molar-refractivity contribution in [2.24, 2.45) is 0 Å². The molecule has 1 rings (SSSR count). The third-order valence-corrected chi connectivity index (χ3v) is 16.3. The molecule has 51 valence electrons. The van der Waals surface area contributed by atoms with Crippen LogP contribution < -0.4 is 0 Å². The Balaban J connectivity index is 2.34. The van der Waals surface area contributed by atoms with Gasteiger partial charge in [0.05, 0.1) is 0 Å². The van der Waals surface area contributed by atoms with E-state index < -0.39 is 0 Å². The summed E-state index contributed by atoms with van der Waals surface area (Å²) in [6.07, 6.45) is 0. The lowest BCUT2D eigenvalue weighted by Gasteiger charge is -2.25. The molecule has 0 bridgehead atoms. The highest BCUT2D eigenvalue weighted by Gasteiger charge is 2.23. The zero-order valence-electron chi connectivity index (χ0n) is 6.62. The third kappa shape index (κ3) is 2.39. The van der Waals surface area contributed by atoms with Crippen molar-refractivity contribution in [2.75, 3.05) is 0 Å².